The lowest BCUT2D eigenvalue weighted by Crippen LogP contribution is -2.47. The number of hydrogen-bond donors (Lipinski definition) is 0. The first-order valence-electron chi connectivity index (χ1n) is 13.2. The molecule has 0 saturated heterocycles. The molecule has 1 fully saturated rings. The highest BCUT2D eigenvalue weighted by Crippen LogP contribution is 2.39. The third-order valence-corrected chi connectivity index (χ3v) is 7.39. The zero-order valence-corrected chi connectivity index (χ0v) is 23.0. The molecule has 2 aromatic heterocycles. The fourth-order valence-electron chi connectivity index (χ4n) is 5.05. The normalized spacial score (nSPS) is 17.2. The fraction of sp³-hybridized carbons (Fsp3) is 0.344. The van der Waals surface area contributed by atoms with Crippen molar-refractivity contribution in [2.45, 2.75) is 65.1 Å². The molecule has 0 N–H and O–H groups in total. The molecule has 4 aromatic rings. The Morgan fingerprint density at radius 2 is 1.50 bits per heavy atom. The number of pyridine rings is 1. The minimum absolute atomic E-state index is 0.0702. The van der Waals surface area contributed by atoms with Crippen LogP contribution in [0.1, 0.15) is 62.5 Å². The van der Waals surface area contributed by atoms with Crippen LogP contribution in [-0.2, 0) is 4.74 Å². The number of amides is 1. The minimum atomic E-state index is -0.499. The van der Waals surface area contributed by atoms with Gasteiger partial charge in [-0.25, -0.2) is 9.78 Å². The number of aromatic nitrogens is 2. The van der Waals surface area contributed by atoms with Gasteiger partial charge in [0.2, 0.25) is 0 Å². The number of Topliss-reactive ketones (excluding diaryl/α,β-unsaturated/α-hetero) is 1. The summed E-state index contributed by atoms with van der Waals surface area (Å²) in [5.74, 6) is 0.0702. The molecule has 0 aliphatic heterocycles. The Labute approximate surface area is 224 Å². The zero-order valence-electron chi connectivity index (χ0n) is 23.0. The van der Waals surface area contributed by atoms with E-state index < -0.39 is 5.60 Å². The Hall–Kier alpha value is -3.93. The highest BCUT2D eigenvalue weighted by Gasteiger charge is 2.37. The summed E-state index contributed by atoms with van der Waals surface area (Å²) in [4.78, 5) is 30.9. The highest BCUT2D eigenvalue weighted by molar-refractivity contribution is 5.94. The average Bonchev–Trinajstić information content (AvgIpc) is 3.17. The van der Waals surface area contributed by atoms with Gasteiger partial charge in [0, 0.05) is 41.8 Å². The Morgan fingerprint density at radius 1 is 0.921 bits per heavy atom. The lowest BCUT2D eigenvalue weighted by atomic mass is 9.85. The van der Waals surface area contributed by atoms with Gasteiger partial charge < -0.3 is 14.2 Å². The predicted molar refractivity (Wildman–Crippen MR) is 151 cm³/mol. The number of carbonyl (C=O) groups is 2. The van der Waals surface area contributed by atoms with Gasteiger partial charge in [0.1, 0.15) is 11.2 Å². The molecule has 6 heteroatoms. The second kappa shape index (κ2) is 9.75. The maximum absolute atomic E-state index is 12.5. The van der Waals surface area contributed by atoms with Crippen LogP contribution in [0, 0.1) is 6.92 Å². The molecule has 0 spiro atoms. The van der Waals surface area contributed by atoms with Crippen molar-refractivity contribution in [2.75, 3.05) is 7.05 Å². The van der Waals surface area contributed by atoms with Crippen molar-refractivity contribution in [3.63, 3.8) is 0 Å². The van der Waals surface area contributed by atoms with E-state index in [-0.39, 0.29) is 17.9 Å². The number of nitrogens with zero attached hydrogens (tertiary/aromatic N) is 3. The number of carbonyl (C=O) groups excluding carboxylic acids is 2. The molecule has 0 unspecified atom stereocenters. The fourth-order valence-corrected chi connectivity index (χ4v) is 5.05. The summed E-state index contributed by atoms with van der Waals surface area (Å²) in [5.41, 5.74) is 6.55. The SMILES string of the molecule is CC(=O)c1ccc(-c2ccc(-c3ccc4c(C)cn(C5CC(N(C)C(=O)OC(C)(C)C)C5)c4n3)cc2)cc1. The summed E-state index contributed by atoms with van der Waals surface area (Å²) >= 11 is 0. The Kier molecular flexibility index (Phi) is 6.59. The smallest absolute Gasteiger partial charge is 0.410 e. The van der Waals surface area contributed by atoms with Gasteiger partial charge >= 0.3 is 6.09 Å². The standard InChI is InChI=1S/C32H35N3O3/c1-20-19-35(27-17-26(18-27)34(6)31(37)38-32(3,4)5)30-28(20)15-16-29(33-30)25-13-11-24(12-14-25)23-9-7-22(8-10-23)21(2)36/h7-16,19,26-27H,17-18H2,1-6H3. The number of fused-ring (bicyclic) bond motifs is 1. The molecule has 5 rings (SSSR count). The van der Waals surface area contributed by atoms with Crippen LogP contribution in [0.3, 0.4) is 0 Å². The first-order valence-corrected chi connectivity index (χ1v) is 13.2. The number of aryl methyl sites for hydroxylation is 1. The predicted octanol–water partition coefficient (Wildman–Crippen LogP) is 7.45. The van der Waals surface area contributed by atoms with E-state index in [4.69, 9.17) is 9.72 Å². The Morgan fingerprint density at radius 3 is 2.08 bits per heavy atom. The summed E-state index contributed by atoms with van der Waals surface area (Å²) in [6.45, 7) is 9.37. The topological polar surface area (TPSA) is 64.4 Å². The molecule has 1 aliphatic rings. The summed E-state index contributed by atoms with van der Waals surface area (Å²) in [7, 11) is 1.83. The highest BCUT2D eigenvalue weighted by atomic mass is 16.6. The summed E-state index contributed by atoms with van der Waals surface area (Å²) in [6.07, 6.45) is 3.67. The minimum Gasteiger partial charge on any atom is -0.444 e. The number of benzene rings is 2. The molecule has 6 nitrogen and oxygen atoms in total. The largest absolute Gasteiger partial charge is 0.444 e. The zero-order chi connectivity index (χ0) is 27.2. The van der Waals surface area contributed by atoms with Gasteiger partial charge in [-0.2, -0.15) is 0 Å². The maximum atomic E-state index is 12.5. The third-order valence-electron chi connectivity index (χ3n) is 7.39. The van der Waals surface area contributed by atoms with E-state index in [1.807, 2.05) is 52.1 Å². The second-order valence-corrected chi connectivity index (χ2v) is 11.4. The molecular weight excluding hydrogens is 474 g/mol. The average molecular weight is 510 g/mol. The van der Waals surface area contributed by atoms with Crippen molar-refractivity contribution < 1.29 is 14.3 Å². The molecule has 0 atom stereocenters. The molecule has 196 valence electrons. The monoisotopic (exact) mass is 509 g/mol. The first-order chi connectivity index (χ1) is 18.0. The number of ether oxygens (including phenoxy) is 1. The molecule has 1 aliphatic carbocycles. The van der Waals surface area contributed by atoms with E-state index in [0.717, 1.165) is 51.8 Å². The van der Waals surface area contributed by atoms with Crippen molar-refractivity contribution >= 4 is 22.9 Å². The number of hydrogen-bond acceptors (Lipinski definition) is 4. The number of rotatable bonds is 5. The second-order valence-electron chi connectivity index (χ2n) is 11.4. The molecule has 2 heterocycles. The third kappa shape index (κ3) is 5.08. The molecule has 1 saturated carbocycles. The molecule has 1 amide bonds. The van der Waals surface area contributed by atoms with E-state index in [0.29, 0.717) is 6.04 Å². The van der Waals surface area contributed by atoms with Crippen LogP contribution in [0.15, 0.2) is 66.9 Å². The van der Waals surface area contributed by atoms with E-state index in [9.17, 15) is 9.59 Å². The van der Waals surface area contributed by atoms with Gasteiger partial charge in [-0.15, -0.1) is 0 Å². The van der Waals surface area contributed by atoms with E-state index in [1.165, 1.54) is 5.56 Å². The van der Waals surface area contributed by atoms with Gasteiger partial charge in [-0.05, 0) is 76.3 Å². The van der Waals surface area contributed by atoms with E-state index in [1.54, 1.807) is 11.8 Å². The van der Waals surface area contributed by atoms with Gasteiger partial charge in [-0.1, -0.05) is 48.5 Å². The van der Waals surface area contributed by atoms with Crippen LogP contribution >= 0.6 is 0 Å². The van der Waals surface area contributed by atoms with Crippen LogP contribution in [0.2, 0.25) is 0 Å². The quantitative estimate of drug-likeness (QED) is 0.262. The van der Waals surface area contributed by atoms with Crippen LogP contribution in [0.5, 0.6) is 0 Å². The summed E-state index contributed by atoms with van der Waals surface area (Å²) in [6, 6.07) is 20.8. The lowest BCUT2D eigenvalue weighted by Gasteiger charge is -2.42. The van der Waals surface area contributed by atoms with Gasteiger partial charge in [-0.3, -0.25) is 4.79 Å². The molecule has 0 bridgehead atoms. The van der Waals surface area contributed by atoms with Crippen molar-refractivity contribution in [1.29, 1.82) is 0 Å². The van der Waals surface area contributed by atoms with Crippen molar-refractivity contribution in [1.82, 2.24) is 14.5 Å². The summed E-state index contributed by atoms with van der Waals surface area (Å²) < 4.78 is 7.82. The number of ketones is 1. The Bertz CT molecular complexity index is 1490. The van der Waals surface area contributed by atoms with Crippen LogP contribution in [-0.4, -0.2) is 45.0 Å². The van der Waals surface area contributed by atoms with Gasteiger partial charge in [0.05, 0.1) is 5.69 Å². The molecule has 38 heavy (non-hydrogen) atoms. The lowest BCUT2D eigenvalue weighted by molar-refractivity contribution is 0.00808. The summed E-state index contributed by atoms with van der Waals surface area (Å²) in [5, 5.41) is 1.15. The molecule has 0 radical (unpaired) electrons. The van der Waals surface area contributed by atoms with E-state index in [2.05, 4.69) is 54.1 Å². The first kappa shape index (κ1) is 25.7. The van der Waals surface area contributed by atoms with E-state index >= 15 is 0 Å². The van der Waals surface area contributed by atoms with Crippen molar-refractivity contribution in [3.8, 4) is 22.4 Å². The van der Waals surface area contributed by atoms with Crippen molar-refractivity contribution in [2.24, 2.45) is 0 Å². The maximum Gasteiger partial charge on any atom is 0.410 e. The molecule has 2 aromatic carbocycles. The van der Waals surface area contributed by atoms with Gasteiger partial charge in [0.15, 0.2) is 5.78 Å². The van der Waals surface area contributed by atoms with Crippen LogP contribution < -0.4 is 0 Å². The Balaban J connectivity index is 1.34. The van der Waals surface area contributed by atoms with Gasteiger partial charge in [0.25, 0.3) is 0 Å². The van der Waals surface area contributed by atoms with Crippen LogP contribution in [0.4, 0.5) is 4.79 Å². The van der Waals surface area contributed by atoms with Crippen molar-refractivity contribution in [3.05, 3.63) is 78.0 Å². The van der Waals surface area contributed by atoms with Crippen LogP contribution in [0.25, 0.3) is 33.4 Å². The molecular formula is C32H35N3O3.